The van der Waals surface area contributed by atoms with Gasteiger partial charge >= 0.3 is 0 Å². The number of aromatic nitrogens is 2. The molecule has 5 heteroatoms. The Morgan fingerprint density at radius 2 is 2.06 bits per heavy atom. The van der Waals surface area contributed by atoms with Crippen LogP contribution in [-0.4, -0.2) is 16.9 Å². The van der Waals surface area contributed by atoms with Gasteiger partial charge in [-0.05, 0) is 24.3 Å². The summed E-state index contributed by atoms with van der Waals surface area (Å²) >= 11 is 0. The molecule has 1 heterocycles. The van der Waals surface area contributed by atoms with Gasteiger partial charge < -0.3 is 10.5 Å². The van der Waals surface area contributed by atoms with E-state index in [1.165, 1.54) is 12.1 Å². The van der Waals surface area contributed by atoms with Crippen molar-refractivity contribution in [2.45, 2.75) is 6.54 Å². The molecule has 0 aliphatic rings. The zero-order valence-electron chi connectivity index (χ0n) is 8.85. The third-order valence-electron chi connectivity index (χ3n) is 2.28. The van der Waals surface area contributed by atoms with Crippen LogP contribution in [0.4, 0.5) is 4.39 Å². The fraction of sp³-hybridized carbons (Fsp3) is 0.182. The van der Waals surface area contributed by atoms with E-state index >= 15 is 0 Å². The number of methoxy groups -OCH3 is 1. The third kappa shape index (κ3) is 1.77. The first kappa shape index (κ1) is 10.6. The van der Waals surface area contributed by atoms with Crippen molar-refractivity contribution in [2.75, 3.05) is 7.11 Å². The van der Waals surface area contributed by atoms with Crippen LogP contribution in [0.2, 0.25) is 0 Å². The van der Waals surface area contributed by atoms with Gasteiger partial charge in [0.05, 0.1) is 19.0 Å². The monoisotopic (exact) mass is 221 g/mol. The molecular weight excluding hydrogens is 209 g/mol. The van der Waals surface area contributed by atoms with Crippen LogP contribution >= 0.6 is 0 Å². The molecule has 0 radical (unpaired) electrons. The Morgan fingerprint density at radius 1 is 1.38 bits per heavy atom. The maximum Gasteiger partial charge on any atom is 0.220 e. The highest BCUT2D eigenvalue weighted by molar-refractivity contribution is 5.38. The summed E-state index contributed by atoms with van der Waals surface area (Å²) in [4.78, 5) is 0. The fourth-order valence-electron chi connectivity index (χ4n) is 1.49. The molecule has 0 amide bonds. The van der Waals surface area contributed by atoms with Crippen molar-refractivity contribution in [3.63, 3.8) is 0 Å². The molecule has 1 aromatic carbocycles. The van der Waals surface area contributed by atoms with Crippen LogP contribution in [0.5, 0.6) is 5.88 Å². The summed E-state index contributed by atoms with van der Waals surface area (Å²) in [5.41, 5.74) is 7.09. The van der Waals surface area contributed by atoms with E-state index in [1.807, 2.05) is 0 Å². The van der Waals surface area contributed by atoms with Gasteiger partial charge in [-0.1, -0.05) is 0 Å². The normalized spacial score (nSPS) is 10.4. The number of ether oxygens (including phenoxy) is 1. The number of hydrogen-bond acceptors (Lipinski definition) is 3. The van der Waals surface area contributed by atoms with E-state index in [1.54, 1.807) is 30.1 Å². The van der Waals surface area contributed by atoms with Crippen LogP contribution < -0.4 is 10.5 Å². The molecule has 0 aliphatic heterocycles. The van der Waals surface area contributed by atoms with Crippen LogP contribution in [0, 0.1) is 5.82 Å². The zero-order chi connectivity index (χ0) is 11.5. The molecular formula is C11H12FN3O. The molecule has 16 heavy (non-hydrogen) atoms. The van der Waals surface area contributed by atoms with E-state index in [0.29, 0.717) is 12.4 Å². The first-order chi connectivity index (χ1) is 7.76. The number of benzene rings is 1. The molecule has 0 spiro atoms. The topological polar surface area (TPSA) is 53.1 Å². The van der Waals surface area contributed by atoms with E-state index in [0.717, 1.165) is 11.3 Å². The van der Waals surface area contributed by atoms with Gasteiger partial charge in [0.15, 0.2) is 0 Å². The second-order valence-electron chi connectivity index (χ2n) is 3.27. The second kappa shape index (κ2) is 4.32. The van der Waals surface area contributed by atoms with Crippen molar-refractivity contribution in [3.8, 4) is 11.6 Å². The molecule has 4 nitrogen and oxygen atoms in total. The highest BCUT2D eigenvalue weighted by atomic mass is 19.1. The van der Waals surface area contributed by atoms with Crippen molar-refractivity contribution in [1.29, 1.82) is 0 Å². The molecule has 0 saturated carbocycles. The van der Waals surface area contributed by atoms with Crippen molar-refractivity contribution in [2.24, 2.45) is 5.73 Å². The van der Waals surface area contributed by atoms with Gasteiger partial charge in [-0.15, -0.1) is 0 Å². The lowest BCUT2D eigenvalue weighted by atomic mass is 10.3. The molecule has 0 bridgehead atoms. The molecule has 0 aliphatic carbocycles. The number of rotatable bonds is 3. The van der Waals surface area contributed by atoms with Crippen LogP contribution in [0.25, 0.3) is 5.69 Å². The predicted octanol–water partition coefficient (Wildman–Crippen LogP) is 1.48. The Bertz CT molecular complexity index is 478. The van der Waals surface area contributed by atoms with Gasteiger partial charge in [0.1, 0.15) is 5.82 Å². The first-order valence-electron chi connectivity index (χ1n) is 4.83. The van der Waals surface area contributed by atoms with Gasteiger partial charge in [-0.3, -0.25) is 0 Å². The molecule has 0 fully saturated rings. The van der Waals surface area contributed by atoms with Crippen LogP contribution in [0.15, 0.2) is 30.5 Å². The van der Waals surface area contributed by atoms with Crippen LogP contribution in [0.3, 0.4) is 0 Å². The molecule has 2 aromatic rings. The van der Waals surface area contributed by atoms with Gasteiger partial charge in [0.25, 0.3) is 0 Å². The minimum Gasteiger partial charge on any atom is -0.481 e. The van der Waals surface area contributed by atoms with Crippen LogP contribution in [0.1, 0.15) is 5.56 Å². The highest BCUT2D eigenvalue weighted by Crippen LogP contribution is 2.21. The number of halogens is 1. The van der Waals surface area contributed by atoms with E-state index in [2.05, 4.69) is 5.10 Å². The maximum atomic E-state index is 12.8. The Hall–Kier alpha value is -1.88. The summed E-state index contributed by atoms with van der Waals surface area (Å²) in [6.45, 7) is 0.352. The standard InChI is InChI=1S/C11H12FN3O/c1-16-11-8(6-13)7-14-15(11)10-4-2-9(12)3-5-10/h2-5,7H,6,13H2,1H3. The lowest BCUT2D eigenvalue weighted by Gasteiger charge is -2.07. The minimum absolute atomic E-state index is 0.283. The average Bonchev–Trinajstić information content (AvgIpc) is 2.72. The molecule has 84 valence electrons. The summed E-state index contributed by atoms with van der Waals surface area (Å²) in [7, 11) is 1.55. The molecule has 0 atom stereocenters. The van der Waals surface area contributed by atoms with Gasteiger partial charge in [0, 0.05) is 12.1 Å². The Kier molecular flexibility index (Phi) is 2.87. The lowest BCUT2D eigenvalue weighted by molar-refractivity contribution is 0.379. The quantitative estimate of drug-likeness (QED) is 0.854. The van der Waals surface area contributed by atoms with E-state index in [-0.39, 0.29) is 5.82 Å². The molecule has 0 saturated heterocycles. The third-order valence-corrected chi connectivity index (χ3v) is 2.28. The van der Waals surface area contributed by atoms with Crippen molar-refractivity contribution in [3.05, 3.63) is 41.8 Å². The predicted molar refractivity (Wildman–Crippen MR) is 58.0 cm³/mol. The summed E-state index contributed by atoms with van der Waals surface area (Å²) in [5, 5.41) is 4.15. The van der Waals surface area contributed by atoms with Crippen molar-refractivity contribution >= 4 is 0 Å². The van der Waals surface area contributed by atoms with E-state index < -0.39 is 0 Å². The highest BCUT2D eigenvalue weighted by Gasteiger charge is 2.11. The summed E-state index contributed by atoms with van der Waals surface area (Å²) in [6, 6.07) is 6.01. The fourth-order valence-corrected chi connectivity index (χ4v) is 1.49. The van der Waals surface area contributed by atoms with E-state index in [9.17, 15) is 4.39 Å². The lowest BCUT2D eigenvalue weighted by Crippen LogP contribution is -2.02. The second-order valence-corrected chi connectivity index (χ2v) is 3.27. The number of nitrogens with zero attached hydrogens (tertiary/aromatic N) is 2. The van der Waals surface area contributed by atoms with Gasteiger partial charge in [0.2, 0.25) is 5.88 Å². The number of hydrogen-bond donors (Lipinski definition) is 1. The minimum atomic E-state index is -0.283. The Balaban J connectivity index is 2.47. The van der Waals surface area contributed by atoms with Crippen molar-refractivity contribution in [1.82, 2.24) is 9.78 Å². The van der Waals surface area contributed by atoms with Gasteiger partial charge in [-0.25, -0.2) is 9.07 Å². The Labute approximate surface area is 92.4 Å². The van der Waals surface area contributed by atoms with E-state index in [4.69, 9.17) is 10.5 Å². The molecule has 1 aromatic heterocycles. The number of nitrogens with two attached hydrogens (primary N) is 1. The Morgan fingerprint density at radius 3 is 2.62 bits per heavy atom. The summed E-state index contributed by atoms with van der Waals surface area (Å²) in [6.07, 6.45) is 1.64. The molecule has 2 N–H and O–H groups in total. The maximum absolute atomic E-state index is 12.8. The van der Waals surface area contributed by atoms with Crippen LogP contribution in [-0.2, 0) is 6.54 Å². The van der Waals surface area contributed by atoms with Gasteiger partial charge in [-0.2, -0.15) is 5.10 Å². The SMILES string of the molecule is COc1c(CN)cnn1-c1ccc(F)cc1. The largest absolute Gasteiger partial charge is 0.481 e. The molecule has 2 rings (SSSR count). The average molecular weight is 221 g/mol. The smallest absolute Gasteiger partial charge is 0.220 e. The summed E-state index contributed by atoms with van der Waals surface area (Å²) < 4.78 is 19.6. The van der Waals surface area contributed by atoms with Crippen molar-refractivity contribution < 1.29 is 9.13 Å². The zero-order valence-corrected chi connectivity index (χ0v) is 8.85. The molecule has 0 unspecified atom stereocenters. The summed E-state index contributed by atoms with van der Waals surface area (Å²) in [5.74, 6) is 0.294. The first-order valence-corrected chi connectivity index (χ1v) is 4.83.